The first-order valence-corrected chi connectivity index (χ1v) is 8.16. The van der Waals surface area contributed by atoms with E-state index in [1.807, 2.05) is 0 Å². The number of aliphatic carboxylic acids is 1. The number of ether oxygens (including phenoxy) is 1. The van der Waals surface area contributed by atoms with E-state index in [9.17, 15) is 29.3 Å². The predicted octanol–water partition coefficient (Wildman–Crippen LogP) is 2.37. The number of phenols is 2. The van der Waals surface area contributed by atoms with Gasteiger partial charge in [0.05, 0.1) is 5.56 Å². The van der Waals surface area contributed by atoms with Gasteiger partial charge in [0.15, 0.2) is 11.5 Å². The van der Waals surface area contributed by atoms with Crippen LogP contribution in [0.15, 0.2) is 42.5 Å². The van der Waals surface area contributed by atoms with Crippen molar-refractivity contribution in [1.29, 1.82) is 0 Å². The highest BCUT2D eigenvalue weighted by molar-refractivity contribution is 5.89. The summed E-state index contributed by atoms with van der Waals surface area (Å²) in [5.74, 6) is -3.98. The number of carboxylic acids is 1. The van der Waals surface area contributed by atoms with Crippen LogP contribution in [0.1, 0.15) is 35.2 Å². The lowest BCUT2D eigenvalue weighted by Crippen LogP contribution is -2.38. The number of hydrogen-bond acceptors (Lipinski definition) is 6. The smallest absolute Gasteiger partial charge is 0.338 e. The number of rotatable bonds is 7. The van der Waals surface area contributed by atoms with Crippen molar-refractivity contribution in [2.75, 3.05) is 0 Å². The molecule has 0 heterocycles. The van der Waals surface area contributed by atoms with Crippen molar-refractivity contribution >= 4 is 11.9 Å². The van der Waals surface area contributed by atoms with Crippen LogP contribution in [-0.2, 0) is 9.53 Å². The van der Waals surface area contributed by atoms with Gasteiger partial charge < -0.3 is 25.8 Å². The molecule has 2 rings (SSSR count). The number of carbonyl (C=O) groups excluding carboxylic acids is 1. The topological polar surface area (TPSA) is 130 Å². The van der Waals surface area contributed by atoms with Crippen LogP contribution in [-0.4, -0.2) is 39.4 Å². The van der Waals surface area contributed by atoms with E-state index in [1.54, 1.807) is 6.92 Å². The summed E-state index contributed by atoms with van der Waals surface area (Å²) in [6, 6.07) is 7.38. The lowest BCUT2D eigenvalue weighted by molar-refractivity contribution is -0.139. The zero-order valence-electron chi connectivity index (χ0n) is 14.5. The van der Waals surface area contributed by atoms with Gasteiger partial charge in [-0.3, -0.25) is 4.79 Å². The molecular formula is C19H20FNO6. The molecule has 5 N–H and O–H groups in total. The average molecular weight is 377 g/mol. The van der Waals surface area contributed by atoms with Crippen LogP contribution in [0.5, 0.6) is 11.5 Å². The number of nitrogens with two attached hydrogens (primary N) is 1. The van der Waals surface area contributed by atoms with Crippen molar-refractivity contribution < 1.29 is 34.0 Å². The van der Waals surface area contributed by atoms with E-state index in [1.165, 1.54) is 30.3 Å². The van der Waals surface area contributed by atoms with Gasteiger partial charge in [0, 0.05) is 5.92 Å². The number of hydrogen-bond donors (Lipinski definition) is 4. The maximum absolute atomic E-state index is 12.9. The predicted molar refractivity (Wildman–Crippen MR) is 94.0 cm³/mol. The molecule has 0 aromatic heterocycles. The van der Waals surface area contributed by atoms with Gasteiger partial charge in [-0.1, -0.05) is 6.07 Å². The Hall–Kier alpha value is -3.13. The Morgan fingerprint density at radius 2 is 1.74 bits per heavy atom. The molecule has 0 amide bonds. The molecule has 0 aliphatic carbocycles. The Kier molecular flexibility index (Phi) is 6.36. The zero-order chi connectivity index (χ0) is 20.1. The normalized spacial score (nSPS) is 14.2. The van der Waals surface area contributed by atoms with Crippen LogP contribution in [0.25, 0.3) is 0 Å². The van der Waals surface area contributed by atoms with Crippen molar-refractivity contribution in [2.45, 2.75) is 31.4 Å². The van der Waals surface area contributed by atoms with Crippen LogP contribution in [0.2, 0.25) is 0 Å². The number of phenolic OH excluding ortho intramolecular Hbond substituents is 2. The molecule has 3 atom stereocenters. The third-order valence-electron chi connectivity index (χ3n) is 4.12. The van der Waals surface area contributed by atoms with E-state index in [0.717, 1.165) is 12.1 Å². The molecular weight excluding hydrogens is 357 g/mol. The molecule has 0 fully saturated rings. The maximum atomic E-state index is 12.9. The Labute approximate surface area is 154 Å². The number of carbonyl (C=O) groups is 2. The van der Waals surface area contributed by atoms with Crippen molar-refractivity contribution in [3.63, 3.8) is 0 Å². The van der Waals surface area contributed by atoms with Gasteiger partial charge in [-0.05, 0) is 55.3 Å². The molecule has 0 bridgehead atoms. The maximum Gasteiger partial charge on any atom is 0.338 e. The highest BCUT2D eigenvalue weighted by Crippen LogP contribution is 2.32. The minimum Gasteiger partial charge on any atom is -0.504 e. The number of benzene rings is 2. The first-order valence-electron chi connectivity index (χ1n) is 8.16. The van der Waals surface area contributed by atoms with Crippen molar-refractivity contribution in [1.82, 2.24) is 0 Å². The van der Waals surface area contributed by atoms with Crippen molar-refractivity contribution in [3.8, 4) is 11.5 Å². The van der Waals surface area contributed by atoms with E-state index >= 15 is 0 Å². The average Bonchev–Trinajstić information content (AvgIpc) is 2.62. The Bertz CT molecular complexity index is 823. The fourth-order valence-corrected chi connectivity index (χ4v) is 2.68. The van der Waals surface area contributed by atoms with Gasteiger partial charge >= 0.3 is 11.9 Å². The lowest BCUT2D eigenvalue weighted by Gasteiger charge is -2.25. The van der Waals surface area contributed by atoms with Crippen molar-refractivity contribution in [3.05, 3.63) is 59.4 Å². The number of carboxylic acid groups (broad SMARTS) is 1. The van der Waals surface area contributed by atoms with Crippen molar-refractivity contribution in [2.24, 2.45) is 5.73 Å². The summed E-state index contributed by atoms with van der Waals surface area (Å²) in [6.07, 6.45) is -0.654. The second-order valence-electron chi connectivity index (χ2n) is 6.18. The summed E-state index contributed by atoms with van der Waals surface area (Å²) in [5, 5.41) is 28.3. The molecule has 0 saturated carbocycles. The van der Waals surface area contributed by atoms with Gasteiger partial charge in [-0.15, -0.1) is 0 Å². The Morgan fingerprint density at radius 1 is 1.11 bits per heavy atom. The monoisotopic (exact) mass is 377 g/mol. The van der Waals surface area contributed by atoms with E-state index in [0.29, 0.717) is 5.56 Å². The molecule has 0 radical (unpaired) electrons. The fraction of sp³-hybridized carbons (Fsp3) is 0.263. The zero-order valence-corrected chi connectivity index (χ0v) is 14.5. The van der Waals surface area contributed by atoms with Gasteiger partial charge in [-0.25, -0.2) is 9.18 Å². The lowest BCUT2D eigenvalue weighted by atomic mass is 9.87. The molecule has 0 aliphatic rings. The second kappa shape index (κ2) is 8.50. The number of esters is 1. The molecule has 144 valence electrons. The SMILES string of the molecule is CC(CC(c1ccc(O)c(O)c1)[C@@H](N)C(=O)O)OC(=O)c1ccc(F)cc1. The Morgan fingerprint density at radius 3 is 2.30 bits per heavy atom. The fourth-order valence-electron chi connectivity index (χ4n) is 2.68. The highest BCUT2D eigenvalue weighted by atomic mass is 19.1. The van der Waals surface area contributed by atoms with Crippen LogP contribution < -0.4 is 5.73 Å². The van der Waals surface area contributed by atoms with Gasteiger partial charge in [-0.2, -0.15) is 0 Å². The molecule has 8 heteroatoms. The van der Waals surface area contributed by atoms with E-state index in [-0.39, 0.29) is 17.7 Å². The van der Waals surface area contributed by atoms with Crippen LogP contribution in [0.4, 0.5) is 4.39 Å². The van der Waals surface area contributed by atoms with Gasteiger partial charge in [0.25, 0.3) is 0 Å². The quantitative estimate of drug-likeness (QED) is 0.430. The summed E-state index contributed by atoms with van der Waals surface area (Å²) in [4.78, 5) is 23.5. The Balaban J connectivity index is 2.16. The van der Waals surface area contributed by atoms with E-state index < -0.39 is 41.6 Å². The van der Waals surface area contributed by atoms with Crippen LogP contribution in [0, 0.1) is 5.82 Å². The first kappa shape index (κ1) is 20.2. The van der Waals surface area contributed by atoms with Gasteiger partial charge in [0.1, 0.15) is 18.0 Å². The summed E-state index contributed by atoms with van der Waals surface area (Å²) in [6.45, 7) is 1.57. The first-order chi connectivity index (χ1) is 12.7. The van der Waals surface area contributed by atoms with Crippen LogP contribution in [0.3, 0.4) is 0 Å². The van der Waals surface area contributed by atoms with E-state index in [4.69, 9.17) is 10.5 Å². The molecule has 2 aromatic carbocycles. The third kappa shape index (κ3) is 5.18. The standard InChI is InChI=1S/C19H20FNO6/c1-10(27-19(26)11-2-5-13(20)6-3-11)8-14(17(21)18(24)25)12-4-7-15(22)16(23)9-12/h2-7,9-10,14,17,22-23H,8,21H2,1H3,(H,24,25)/t10?,14?,17-/m1/s1. The van der Waals surface area contributed by atoms with E-state index in [2.05, 4.69) is 0 Å². The largest absolute Gasteiger partial charge is 0.504 e. The molecule has 2 aromatic rings. The number of halogens is 1. The molecule has 0 spiro atoms. The minimum absolute atomic E-state index is 0.0601. The minimum atomic E-state index is -1.32. The molecule has 0 saturated heterocycles. The number of aromatic hydroxyl groups is 2. The third-order valence-corrected chi connectivity index (χ3v) is 4.12. The molecule has 27 heavy (non-hydrogen) atoms. The molecule has 0 aliphatic heterocycles. The summed E-state index contributed by atoms with van der Waals surface area (Å²) in [5.41, 5.74) is 6.30. The summed E-state index contributed by atoms with van der Waals surface area (Å²) >= 11 is 0. The summed E-state index contributed by atoms with van der Waals surface area (Å²) in [7, 11) is 0. The molecule has 2 unspecified atom stereocenters. The van der Waals surface area contributed by atoms with Crippen LogP contribution >= 0.6 is 0 Å². The summed E-state index contributed by atoms with van der Waals surface area (Å²) < 4.78 is 18.2. The van der Waals surface area contributed by atoms with Gasteiger partial charge in [0.2, 0.25) is 0 Å². The second-order valence-corrected chi connectivity index (χ2v) is 6.18. The molecule has 7 nitrogen and oxygen atoms in total. The highest BCUT2D eigenvalue weighted by Gasteiger charge is 2.29.